The smallest absolute Gasteiger partial charge is 0.225 e. The van der Waals surface area contributed by atoms with Crippen LogP contribution in [0.25, 0.3) is 0 Å². The summed E-state index contributed by atoms with van der Waals surface area (Å²) in [6, 6.07) is 12.9. The van der Waals surface area contributed by atoms with E-state index in [1.807, 2.05) is 45.0 Å². The molecule has 3 rings (SSSR count). The third-order valence-electron chi connectivity index (χ3n) is 5.56. The molecule has 1 saturated heterocycles. The van der Waals surface area contributed by atoms with Gasteiger partial charge in [-0.2, -0.15) is 0 Å². The lowest BCUT2D eigenvalue weighted by Crippen LogP contribution is -2.44. The highest BCUT2D eigenvalue weighted by molar-refractivity contribution is 5.81. The number of halogens is 1. The van der Waals surface area contributed by atoms with E-state index >= 15 is 0 Å². The molecule has 0 saturated carbocycles. The van der Waals surface area contributed by atoms with E-state index < -0.39 is 5.41 Å². The van der Waals surface area contributed by atoms with E-state index in [2.05, 4.69) is 15.2 Å². The van der Waals surface area contributed by atoms with Crippen LogP contribution >= 0.6 is 0 Å². The van der Waals surface area contributed by atoms with E-state index in [1.54, 1.807) is 18.3 Å². The van der Waals surface area contributed by atoms with Gasteiger partial charge in [0.25, 0.3) is 0 Å². The zero-order chi connectivity index (χ0) is 20.9. The first-order valence-corrected chi connectivity index (χ1v) is 10.5. The van der Waals surface area contributed by atoms with Crippen molar-refractivity contribution in [2.75, 3.05) is 6.54 Å². The molecule has 0 aliphatic carbocycles. The molecule has 2 aromatic rings. The Morgan fingerprint density at radius 3 is 2.76 bits per heavy atom. The van der Waals surface area contributed by atoms with Gasteiger partial charge in [0.05, 0.1) is 11.7 Å². The molecular weight excluding hydrogens is 365 g/mol. The fourth-order valence-electron chi connectivity index (χ4n) is 3.89. The van der Waals surface area contributed by atoms with Crippen molar-refractivity contribution >= 4 is 5.91 Å². The van der Waals surface area contributed by atoms with Crippen molar-refractivity contribution in [2.24, 2.45) is 5.41 Å². The van der Waals surface area contributed by atoms with Crippen molar-refractivity contribution in [2.45, 2.75) is 65.1 Å². The number of amides is 1. The maximum atomic E-state index is 13.6. The second-order valence-corrected chi connectivity index (χ2v) is 9.02. The molecule has 2 atom stereocenters. The Bertz CT molecular complexity index is 803. The Morgan fingerprint density at radius 1 is 1.24 bits per heavy atom. The van der Waals surface area contributed by atoms with Gasteiger partial charge in [-0.15, -0.1) is 0 Å². The van der Waals surface area contributed by atoms with E-state index in [0.717, 1.165) is 43.6 Å². The largest absolute Gasteiger partial charge is 0.347 e. The molecule has 2 heterocycles. The number of carbonyl (C=O) groups is 1. The average Bonchev–Trinajstić information content (AvgIpc) is 2.69. The van der Waals surface area contributed by atoms with Gasteiger partial charge in [-0.3, -0.25) is 14.7 Å². The average molecular weight is 398 g/mol. The summed E-state index contributed by atoms with van der Waals surface area (Å²) in [5, 5.41) is 3.23. The Balaban J connectivity index is 1.77. The first kappa shape index (κ1) is 21.4. The van der Waals surface area contributed by atoms with Crippen LogP contribution in [-0.2, 0) is 11.3 Å². The highest BCUT2D eigenvalue weighted by Crippen LogP contribution is 2.28. The molecule has 1 aliphatic heterocycles. The monoisotopic (exact) mass is 397 g/mol. The van der Waals surface area contributed by atoms with E-state index in [4.69, 9.17) is 0 Å². The van der Waals surface area contributed by atoms with E-state index in [0.29, 0.717) is 6.04 Å². The Kier molecular flexibility index (Phi) is 7.01. The Morgan fingerprint density at radius 2 is 2.07 bits per heavy atom. The first-order chi connectivity index (χ1) is 13.8. The van der Waals surface area contributed by atoms with Crippen LogP contribution in [0.15, 0.2) is 48.7 Å². The van der Waals surface area contributed by atoms with E-state index in [9.17, 15) is 9.18 Å². The first-order valence-electron chi connectivity index (χ1n) is 10.5. The van der Waals surface area contributed by atoms with Crippen LogP contribution in [0.1, 0.15) is 63.8 Å². The van der Waals surface area contributed by atoms with Crippen LogP contribution in [0, 0.1) is 11.2 Å². The summed E-state index contributed by atoms with van der Waals surface area (Å²) >= 11 is 0. The second kappa shape index (κ2) is 9.49. The molecule has 156 valence electrons. The van der Waals surface area contributed by atoms with Gasteiger partial charge in [0.2, 0.25) is 5.91 Å². The minimum atomic E-state index is -0.457. The van der Waals surface area contributed by atoms with Crippen LogP contribution in [0.5, 0.6) is 0 Å². The van der Waals surface area contributed by atoms with Crippen molar-refractivity contribution in [1.29, 1.82) is 0 Å². The topological polar surface area (TPSA) is 45.2 Å². The van der Waals surface area contributed by atoms with Gasteiger partial charge in [-0.05, 0) is 55.6 Å². The SMILES string of the molecule is CC(C)(C)C(=O)N[C@@H](C[C@H]1CCCCN1Cc1cccc(F)c1)c1ccccn1. The van der Waals surface area contributed by atoms with Crippen LogP contribution in [0.3, 0.4) is 0 Å². The lowest BCUT2D eigenvalue weighted by atomic mass is 9.91. The summed E-state index contributed by atoms with van der Waals surface area (Å²) < 4.78 is 13.6. The standard InChI is InChI=1S/C24H32FN3O/c1-24(2,3)23(29)27-22(21-12-4-6-13-26-21)16-20-11-5-7-14-28(20)17-18-9-8-10-19(25)15-18/h4,6,8-10,12-13,15,20,22H,5,7,11,14,16-17H2,1-3H3,(H,27,29)/t20-,22+/m1/s1. The normalized spacial score (nSPS) is 19.0. The van der Waals surface area contributed by atoms with Crippen molar-refractivity contribution in [1.82, 2.24) is 15.2 Å². The van der Waals surface area contributed by atoms with Crippen LogP contribution < -0.4 is 5.32 Å². The molecule has 0 radical (unpaired) electrons. The Hall–Kier alpha value is -2.27. The molecule has 0 bridgehead atoms. The third-order valence-corrected chi connectivity index (χ3v) is 5.56. The quantitative estimate of drug-likeness (QED) is 0.756. The second-order valence-electron chi connectivity index (χ2n) is 9.02. The zero-order valence-electron chi connectivity index (χ0n) is 17.7. The van der Waals surface area contributed by atoms with Gasteiger partial charge in [-0.1, -0.05) is 45.4 Å². The maximum absolute atomic E-state index is 13.6. The number of benzene rings is 1. The summed E-state index contributed by atoms with van der Waals surface area (Å²) in [7, 11) is 0. The molecule has 1 aromatic carbocycles. The molecule has 4 nitrogen and oxygen atoms in total. The minimum Gasteiger partial charge on any atom is -0.347 e. The number of hydrogen-bond acceptors (Lipinski definition) is 3. The number of pyridine rings is 1. The molecule has 1 N–H and O–H groups in total. The van der Waals surface area contributed by atoms with Gasteiger partial charge in [0.1, 0.15) is 5.82 Å². The molecule has 1 aromatic heterocycles. The number of likely N-dealkylation sites (tertiary alicyclic amines) is 1. The lowest BCUT2D eigenvalue weighted by molar-refractivity contribution is -0.129. The van der Waals surface area contributed by atoms with Crippen molar-refractivity contribution in [3.8, 4) is 0 Å². The number of hydrogen-bond donors (Lipinski definition) is 1. The third kappa shape index (κ3) is 6.10. The summed E-state index contributed by atoms with van der Waals surface area (Å²) in [6.45, 7) is 7.49. The van der Waals surface area contributed by atoms with Crippen molar-refractivity contribution < 1.29 is 9.18 Å². The molecule has 1 fully saturated rings. The summed E-state index contributed by atoms with van der Waals surface area (Å²) in [6.07, 6.45) is 5.97. The maximum Gasteiger partial charge on any atom is 0.225 e. The predicted octanol–water partition coefficient (Wildman–Crippen LogP) is 4.87. The van der Waals surface area contributed by atoms with Gasteiger partial charge >= 0.3 is 0 Å². The molecule has 1 amide bonds. The minimum absolute atomic E-state index is 0.0284. The zero-order valence-corrected chi connectivity index (χ0v) is 17.7. The summed E-state index contributed by atoms with van der Waals surface area (Å²) in [4.78, 5) is 19.7. The number of nitrogens with zero attached hydrogens (tertiary/aromatic N) is 2. The van der Waals surface area contributed by atoms with Crippen molar-refractivity contribution in [3.63, 3.8) is 0 Å². The van der Waals surface area contributed by atoms with Gasteiger partial charge in [-0.25, -0.2) is 4.39 Å². The summed E-state index contributed by atoms with van der Waals surface area (Å²) in [5.74, 6) is -0.166. The van der Waals surface area contributed by atoms with E-state index in [-0.39, 0.29) is 17.8 Å². The van der Waals surface area contributed by atoms with Gasteiger partial charge in [0.15, 0.2) is 0 Å². The number of aromatic nitrogens is 1. The van der Waals surface area contributed by atoms with E-state index in [1.165, 1.54) is 12.5 Å². The Labute approximate surface area is 173 Å². The highest BCUT2D eigenvalue weighted by Gasteiger charge is 2.30. The number of carbonyl (C=O) groups excluding carboxylic acids is 1. The molecule has 0 unspecified atom stereocenters. The molecule has 5 heteroatoms. The number of rotatable bonds is 6. The predicted molar refractivity (Wildman–Crippen MR) is 114 cm³/mol. The van der Waals surface area contributed by atoms with Crippen LogP contribution in [0.4, 0.5) is 4.39 Å². The van der Waals surface area contributed by atoms with Crippen molar-refractivity contribution in [3.05, 3.63) is 65.7 Å². The molecule has 29 heavy (non-hydrogen) atoms. The fourth-order valence-corrected chi connectivity index (χ4v) is 3.89. The van der Waals surface area contributed by atoms with Crippen LogP contribution in [0.2, 0.25) is 0 Å². The van der Waals surface area contributed by atoms with Crippen LogP contribution in [-0.4, -0.2) is 28.4 Å². The van der Waals surface area contributed by atoms with Gasteiger partial charge in [0, 0.05) is 24.2 Å². The number of nitrogens with one attached hydrogen (secondary N) is 1. The highest BCUT2D eigenvalue weighted by atomic mass is 19.1. The lowest BCUT2D eigenvalue weighted by Gasteiger charge is -2.38. The van der Waals surface area contributed by atoms with Gasteiger partial charge < -0.3 is 5.32 Å². The molecular formula is C24H32FN3O. The molecule has 0 spiro atoms. The number of piperidine rings is 1. The fraction of sp³-hybridized carbons (Fsp3) is 0.500. The summed E-state index contributed by atoms with van der Waals surface area (Å²) in [5.41, 5.74) is 1.42. The molecule has 1 aliphatic rings.